The molecule has 0 aliphatic heterocycles. The van der Waals surface area contributed by atoms with E-state index in [4.69, 9.17) is 16.3 Å². The normalized spacial score (nSPS) is 10.2. The van der Waals surface area contributed by atoms with Crippen LogP contribution in [-0.4, -0.2) is 25.0 Å². The third-order valence-electron chi connectivity index (χ3n) is 3.45. The number of aryl methyl sites for hydroxylation is 2. The number of ether oxygens (including phenoxy) is 1. The number of nitrogens with one attached hydrogen (secondary N) is 2. The molecule has 0 saturated heterocycles. The molecule has 25 heavy (non-hydrogen) atoms. The van der Waals surface area contributed by atoms with Crippen LogP contribution in [0.4, 0.5) is 10.1 Å². The number of hydrogen-bond donors (Lipinski definition) is 2. The Balaban J connectivity index is 1.79. The summed E-state index contributed by atoms with van der Waals surface area (Å²) in [5.41, 5.74) is 2.62. The van der Waals surface area contributed by atoms with E-state index in [1.807, 2.05) is 32.0 Å². The molecule has 2 N–H and O–H groups in total. The summed E-state index contributed by atoms with van der Waals surface area (Å²) in [5.74, 6) is -1.11. The predicted molar refractivity (Wildman–Crippen MR) is 94.5 cm³/mol. The van der Waals surface area contributed by atoms with Crippen LogP contribution in [0.25, 0.3) is 0 Å². The first kappa shape index (κ1) is 18.7. The van der Waals surface area contributed by atoms with Crippen LogP contribution < -0.4 is 15.4 Å². The monoisotopic (exact) mass is 364 g/mol. The quantitative estimate of drug-likeness (QED) is 0.827. The zero-order valence-electron chi connectivity index (χ0n) is 13.9. The first-order valence-electron chi connectivity index (χ1n) is 7.57. The van der Waals surface area contributed by atoms with Crippen molar-refractivity contribution in [2.45, 2.75) is 13.8 Å². The van der Waals surface area contributed by atoms with Gasteiger partial charge >= 0.3 is 0 Å². The van der Waals surface area contributed by atoms with Gasteiger partial charge < -0.3 is 15.4 Å². The molecular weight excluding hydrogens is 347 g/mol. The lowest BCUT2D eigenvalue weighted by Crippen LogP contribution is -2.36. The van der Waals surface area contributed by atoms with Crippen molar-refractivity contribution in [3.8, 4) is 5.75 Å². The van der Waals surface area contributed by atoms with E-state index in [9.17, 15) is 14.0 Å². The highest BCUT2D eigenvalue weighted by molar-refractivity contribution is 6.30. The minimum atomic E-state index is -0.568. The van der Waals surface area contributed by atoms with Crippen molar-refractivity contribution in [1.29, 1.82) is 0 Å². The lowest BCUT2D eigenvalue weighted by molar-refractivity contribution is -0.125. The Bertz CT molecular complexity index is 776. The molecule has 7 heteroatoms. The van der Waals surface area contributed by atoms with Crippen molar-refractivity contribution in [3.63, 3.8) is 0 Å². The van der Waals surface area contributed by atoms with Crippen molar-refractivity contribution in [1.82, 2.24) is 5.32 Å². The molecule has 0 radical (unpaired) electrons. The van der Waals surface area contributed by atoms with Gasteiger partial charge in [-0.3, -0.25) is 9.59 Å². The van der Waals surface area contributed by atoms with Crippen LogP contribution in [0.3, 0.4) is 0 Å². The maximum Gasteiger partial charge on any atom is 0.258 e. The molecule has 2 aromatic carbocycles. The lowest BCUT2D eigenvalue weighted by atomic mass is 10.1. The molecule has 132 valence electrons. The van der Waals surface area contributed by atoms with Crippen LogP contribution in [0.1, 0.15) is 11.1 Å². The van der Waals surface area contributed by atoms with Crippen molar-refractivity contribution >= 4 is 29.1 Å². The first-order chi connectivity index (χ1) is 11.9. The second kappa shape index (κ2) is 8.48. The van der Waals surface area contributed by atoms with Crippen molar-refractivity contribution in [2.75, 3.05) is 18.5 Å². The Morgan fingerprint density at radius 3 is 2.44 bits per heavy atom. The van der Waals surface area contributed by atoms with E-state index >= 15 is 0 Å². The topological polar surface area (TPSA) is 67.4 Å². The number of anilines is 1. The molecule has 0 spiro atoms. The molecule has 0 fully saturated rings. The molecule has 0 unspecified atom stereocenters. The van der Waals surface area contributed by atoms with Gasteiger partial charge in [0.25, 0.3) is 5.91 Å². The van der Waals surface area contributed by atoms with Gasteiger partial charge in [-0.25, -0.2) is 4.39 Å². The molecule has 0 bridgehead atoms. The molecule has 2 rings (SSSR count). The van der Waals surface area contributed by atoms with Gasteiger partial charge in [0, 0.05) is 11.8 Å². The number of rotatable bonds is 6. The van der Waals surface area contributed by atoms with Gasteiger partial charge in [-0.2, -0.15) is 0 Å². The highest BCUT2D eigenvalue weighted by Crippen LogP contribution is 2.21. The standard InChI is InChI=1S/C18H18ClFN2O3/c1-11-4-3-5-12(2)18(11)22-16(23)9-21-17(24)10-25-13-6-7-15(20)14(19)8-13/h3-8H,9-10H2,1-2H3,(H,21,24)(H,22,23). The van der Waals surface area contributed by atoms with Crippen LogP contribution in [0.2, 0.25) is 5.02 Å². The molecule has 2 amide bonds. The van der Waals surface area contributed by atoms with E-state index < -0.39 is 11.7 Å². The average molecular weight is 365 g/mol. The number of benzene rings is 2. The minimum Gasteiger partial charge on any atom is -0.484 e. The Labute approximate surface area is 150 Å². The summed E-state index contributed by atoms with van der Waals surface area (Å²) in [6.07, 6.45) is 0. The fraction of sp³-hybridized carbons (Fsp3) is 0.222. The molecule has 0 saturated carbocycles. The second-order valence-electron chi connectivity index (χ2n) is 5.46. The molecule has 0 aliphatic carbocycles. The number of para-hydroxylation sites is 1. The Morgan fingerprint density at radius 2 is 1.80 bits per heavy atom. The number of hydrogen-bond acceptors (Lipinski definition) is 3. The summed E-state index contributed by atoms with van der Waals surface area (Å²) in [6, 6.07) is 9.47. The zero-order chi connectivity index (χ0) is 18.4. The van der Waals surface area contributed by atoms with E-state index in [0.29, 0.717) is 0 Å². The Hall–Kier alpha value is -2.60. The summed E-state index contributed by atoms with van der Waals surface area (Å²) in [4.78, 5) is 23.7. The first-order valence-corrected chi connectivity index (χ1v) is 7.95. The smallest absolute Gasteiger partial charge is 0.258 e. The molecule has 5 nitrogen and oxygen atoms in total. The molecular formula is C18H18ClFN2O3. The van der Waals surface area contributed by atoms with Crippen molar-refractivity contribution in [3.05, 3.63) is 58.4 Å². The summed E-state index contributed by atoms with van der Waals surface area (Å²) in [6.45, 7) is 3.30. The number of carbonyl (C=O) groups excluding carboxylic acids is 2. The van der Waals surface area contributed by atoms with Gasteiger partial charge in [-0.1, -0.05) is 29.8 Å². The second-order valence-corrected chi connectivity index (χ2v) is 5.86. The van der Waals surface area contributed by atoms with E-state index in [0.717, 1.165) is 22.9 Å². The Kier molecular flexibility index (Phi) is 6.36. The highest BCUT2D eigenvalue weighted by atomic mass is 35.5. The number of halogens is 2. The minimum absolute atomic E-state index is 0.0918. The maximum absolute atomic E-state index is 13.0. The van der Waals surface area contributed by atoms with E-state index in [1.165, 1.54) is 12.1 Å². The zero-order valence-corrected chi connectivity index (χ0v) is 14.6. The SMILES string of the molecule is Cc1cccc(C)c1NC(=O)CNC(=O)COc1ccc(F)c(Cl)c1. The third kappa shape index (κ3) is 5.46. The van der Waals surface area contributed by atoms with Crippen LogP contribution in [0, 0.1) is 19.7 Å². The van der Waals surface area contributed by atoms with Crippen LogP contribution in [0.15, 0.2) is 36.4 Å². The molecule has 2 aromatic rings. The van der Waals surface area contributed by atoms with Crippen LogP contribution >= 0.6 is 11.6 Å². The van der Waals surface area contributed by atoms with Gasteiger partial charge in [0.1, 0.15) is 11.6 Å². The predicted octanol–water partition coefficient (Wildman–Crippen LogP) is 3.23. The summed E-state index contributed by atoms with van der Waals surface area (Å²) >= 11 is 5.63. The van der Waals surface area contributed by atoms with Gasteiger partial charge in [-0.05, 0) is 37.1 Å². The fourth-order valence-electron chi connectivity index (χ4n) is 2.14. The van der Waals surface area contributed by atoms with Gasteiger partial charge in [0.05, 0.1) is 11.6 Å². The van der Waals surface area contributed by atoms with E-state index in [-0.39, 0.29) is 29.8 Å². The van der Waals surface area contributed by atoms with E-state index in [2.05, 4.69) is 10.6 Å². The number of carbonyl (C=O) groups is 2. The average Bonchev–Trinajstić information content (AvgIpc) is 2.57. The van der Waals surface area contributed by atoms with E-state index in [1.54, 1.807) is 0 Å². The fourth-order valence-corrected chi connectivity index (χ4v) is 2.31. The largest absolute Gasteiger partial charge is 0.484 e. The Morgan fingerprint density at radius 1 is 1.12 bits per heavy atom. The van der Waals surface area contributed by atoms with Gasteiger partial charge in [0.15, 0.2) is 6.61 Å². The summed E-state index contributed by atoms with van der Waals surface area (Å²) < 4.78 is 18.2. The summed E-state index contributed by atoms with van der Waals surface area (Å²) in [7, 11) is 0. The van der Waals surface area contributed by atoms with Crippen molar-refractivity contribution in [2.24, 2.45) is 0 Å². The highest BCUT2D eigenvalue weighted by Gasteiger charge is 2.10. The molecule has 0 heterocycles. The maximum atomic E-state index is 13.0. The lowest BCUT2D eigenvalue weighted by Gasteiger charge is -2.12. The number of amides is 2. The van der Waals surface area contributed by atoms with Crippen LogP contribution in [-0.2, 0) is 9.59 Å². The molecule has 0 aromatic heterocycles. The van der Waals surface area contributed by atoms with Gasteiger partial charge in [0.2, 0.25) is 5.91 Å². The molecule has 0 aliphatic rings. The van der Waals surface area contributed by atoms with Crippen LogP contribution in [0.5, 0.6) is 5.75 Å². The molecule has 0 atom stereocenters. The van der Waals surface area contributed by atoms with Crippen molar-refractivity contribution < 1.29 is 18.7 Å². The summed E-state index contributed by atoms with van der Waals surface area (Å²) in [5, 5.41) is 5.13. The van der Waals surface area contributed by atoms with Gasteiger partial charge in [-0.15, -0.1) is 0 Å². The third-order valence-corrected chi connectivity index (χ3v) is 3.74.